The molecule has 0 aliphatic carbocycles. The standard InChI is InChI=1S/C34H40O4S/c1-7-22-33(4,5)38-30-15-11-25-23-29(14-10-26(25)24-30)37-28-16-20-32(21-17-28)39(35,36)31-18-12-27(13-19-31)34(6,8-2)9-3/h10-21,23-24H,7-9,22H2,1-6H3. The van der Waals surface area contributed by atoms with Gasteiger partial charge in [-0.1, -0.05) is 58.4 Å². The van der Waals surface area contributed by atoms with E-state index >= 15 is 0 Å². The molecule has 39 heavy (non-hydrogen) atoms. The van der Waals surface area contributed by atoms with Gasteiger partial charge in [-0.05, 0) is 116 Å². The summed E-state index contributed by atoms with van der Waals surface area (Å²) in [6, 6.07) is 25.9. The van der Waals surface area contributed by atoms with Crippen molar-refractivity contribution in [3.63, 3.8) is 0 Å². The number of hydrogen-bond donors (Lipinski definition) is 0. The topological polar surface area (TPSA) is 52.6 Å². The lowest BCUT2D eigenvalue weighted by Gasteiger charge is -2.27. The van der Waals surface area contributed by atoms with Gasteiger partial charge in [-0.3, -0.25) is 0 Å². The van der Waals surface area contributed by atoms with Crippen molar-refractivity contribution in [2.75, 3.05) is 0 Å². The number of hydrogen-bond acceptors (Lipinski definition) is 4. The summed E-state index contributed by atoms with van der Waals surface area (Å²) in [5.41, 5.74) is 1.00. The molecule has 0 atom stereocenters. The molecule has 0 bridgehead atoms. The number of sulfone groups is 1. The quantitative estimate of drug-likeness (QED) is 0.189. The molecule has 4 aromatic rings. The van der Waals surface area contributed by atoms with Gasteiger partial charge in [0.25, 0.3) is 0 Å². The number of ether oxygens (including phenoxy) is 2. The van der Waals surface area contributed by atoms with E-state index < -0.39 is 9.84 Å². The largest absolute Gasteiger partial charge is 0.488 e. The number of benzene rings is 4. The van der Waals surface area contributed by atoms with Gasteiger partial charge in [0.15, 0.2) is 0 Å². The van der Waals surface area contributed by atoms with E-state index in [0.717, 1.165) is 47.8 Å². The zero-order chi connectivity index (χ0) is 28.3. The molecule has 0 heterocycles. The monoisotopic (exact) mass is 544 g/mol. The molecule has 4 aromatic carbocycles. The maximum atomic E-state index is 13.2. The van der Waals surface area contributed by atoms with Crippen LogP contribution >= 0.6 is 0 Å². The zero-order valence-electron chi connectivity index (χ0n) is 24.0. The maximum absolute atomic E-state index is 13.2. The third-order valence-corrected chi connectivity index (χ3v) is 9.61. The van der Waals surface area contributed by atoms with Crippen molar-refractivity contribution in [1.29, 1.82) is 0 Å². The second-order valence-corrected chi connectivity index (χ2v) is 13.1. The Morgan fingerprint density at radius 1 is 0.641 bits per heavy atom. The normalized spacial score (nSPS) is 12.5. The Labute approximate surface area is 233 Å². The van der Waals surface area contributed by atoms with Crippen molar-refractivity contribution in [3.05, 3.63) is 90.5 Å². The number of rotatable bonds is 11. The Balaban J connectivity index is 1.48. The lowest BCUT2D eigenvalue weighted by molar-refractivity contribution is 0.0988. The van der Waals surface area contributed by atoms with Gasteiger partial charge in [0.1, 0.15) is 22.8 Å². The molecule has 0 spiro atoms. The predicted molar refractivity (Wildman–Crippen MR) is 160 cm³/mol. The van der Waals surface area contributed by atoms with E-state index in [4.69, 9.17) is 9.47 Å². The van der Waals surface area contributed by atoms with E-state index in [1.54, 1.807) is 36.4 Å². The first-order valence-corrected chi connectivity index (χ1v) is 15.3. The van der Waals surface area contributed by atoms with Crippen LogP contribution in [0.25, 0.3) is 10.8 Å². The van der Waals surface area contributed by atoms with Crippen LogP contribution < -0.4 is 9.47 Å². The van der Waals surface area contributed by atoms with Crippen LogP contribution in [0.5, 0.6) is 17.2 Å². The highest BCUT2D eigenvalue weighted by Crippen LogP contribution is 2.34. The summed E-state index contributed by atoms with van der Waals surface area (Å²) in [5, 5.41) is 2.11. The molecule has 0 saturated heterocycles. The predicted octanol–water partition coefficient (Wildman–Crippen LogP) is 9.50. The molecule has 4 rings (SSSR count). The average molecular weight is 545 g/mol. The summed E-state index contributed by atoms with van der Waals surface area (Å²) in [5.74, 6) is 2.11. The zero-order valence-corrected chi connectivity index (χ0v) is 24.8. The van der Waals surface area contributed by atoms with Gasteiger partial charge in [0, 0.05) is 0 Å². The van der Waals surface area contributed by atoms with Crippen LogP contribution in [0.3, 0.4) is 0 Å². The van der Waals surface area contributed by atoms with E-state index in [1.807, 2.05) is 48.5 Å². The second-order valence-electron chi connectivity index (χ2n) is 11.2. The van der Waals surface area contributed by atoms with Crippen LogP contribution in [0.1, 0.15) is 72.8 Å². The molecule has 206 valence electrons. The molecule has 0 N–H and O–H groups in total. The van der Waals surface area contributed by atoms with Crippen LogP contribution in [-0.2, 0) is 15.3 Å². The fraction of sp³-hybridized carbons (Fsp3) is 0.353. The SMILES string of the molecule is CCCC(C)(C)Oc1ccc2cc(Oc3ccc(S(=O)(=O)c4ccc(C(C)(CC)CC)cc4)cc3)ccc2c1. The summed E-state index contributed by atoms with van der Waals surface area (Å²) in [7, 11) is -3.62. The molecular formula is C34H40O4S. The van der Waals surface area contributed by atoms with E-state index in [0.29, 0.717) is 16.4 Å². The van der Waals surface area contributed by atoms with Crippen molar-refractivity contribution in [2.45, 2.75) is 88.0 Å². The molecule has 0 fully saturated rings. The first-order chi connectivity index (χ1) is 18.5. The van der Waals surface area contributed by atoms with Gasteiger partial charge in [-0.25, -0.2) is 8.42 Å². The first-order valence-electron chi connectivity index (χ1n) is 13.9. The highest BCUT2D eigenvalue weighted by Gasteiger charge is 2.24. The van der Waals surface area contributed by atoms with Crippen LogP contribution in [0.2, 0.25) is 0 Å². The van der Waals surface area contributed by atoms with Gasteiger partial charge in [-0.15, -0.1) is 0 Å². The van der Waals surface area contributed by atoms with Crippen molar-refractivity contribution >= 4 is 20.6 Å². The van der Waals surface area contributed by atoms with Gasteiger partial charge < -0.3 is 9.47 Å². The summed E-state index contributed by atoms with van der Waals surface area (Å²) in [4.78, 5) is 0.541. The van der Waals surface area contributed by atoms with E-state index in [1.165, 1.54) is 0 Å². The lowest BCUT2D eigenvalue weighted by atomic mass is 9.78. The summed E-state index contributed by atoms with van der Waals surface area (Å²) < 4.78 is 38.8. The molecular weight excluding hydrogens is 504 g/mol. The number of fused-ring (bicyclic) bond motifs is 1. The van der Waals surface area contributed by atoms with Crippen molar-refractivity contribution < 1.29 is 17.9 Å². The molecule has 0 aliphatic rings. The molecule has 0 aromatic heterocycles. The molecule has 0 aliphatic heterocycles. The van der Waals surface area contributed by atoms with Crippen molar-refractivity contribution in [3.8, 4) is 17.2 Å². The third kappa shape index (κ3) is 6.47. The van der Waals surface area contributed by atoms with Crippen LogP contribution in [0.4, 0.5) is 0 Å². The fourth-order valence-corrected chi connectivity index (χ4v) is 6.22. The Bertz CT molecular complexity index is 1510. The minimum absolute atomic E-state index is 0.0473. The van der Waals surface area contributed by atoms with E-state index in [2.05, 4.69) is 41.5 Å². The van der Waals surface area contributed by atoms with Gasteiger partial charge >= 0.3 is 0 Å². The minimum atomic E-state index is -3.62. The summed E-state index contributed by atoms with van der Waals surface area (Å²) in [6.07, 6.45) is 4.06. The van der Waals surface area contributed by atoms with Crippen LogP contribution in [0.15, 0.2) is 94.7 Å². The Kier molecular flexibility index (Phi) is 8.41. The molecule has 4 nitrogen and oxygen atoms in total. The van der Waals surface area contributed by atoms with Crippen LogP contribution in [0, 0.1) is 0 Å². The second kappa shape index (κ2) is 11.4. The fourth-order valence-electron chi connectivity index (χ4n) is 4.95. The Morgan fingerprint density at radius 3 is 1.67 bits per heavy atom. The van der Waals surface area contributed by atoms with E-state index in [-0.39, 0.29) is 15.9 Å². The van der Waals surface area contributed by atoms with Crippen molar-refractivity contribution in [2.24, 2.45) is 0 Å². The molecule has 0 amide bonds. The maximum Gasteiger partial charge on any atom is 0.206 e. The highest BCUT2D eigenvalue weighted by atomic mass is 32.2. The molecule has 0 radical (unpaired) electrons. The Hall–Kier alpha value is -3.31. The minimum Gasteiger partial charge on any atom is -0.488 e. The molecule has 5 heteroatoms. The van der Waals surface area contributed by atoms with Crippen LogP contribution in [-0.4, -0.2) is 14.0 Å². The summed E-state index contributed by atoms with van der Waals surface area (Å²) in [6.45, 7) is 12.9. The molecule has 0 unspecified atom stereocenters. The van der Waals surface area contributed by atoms with Gasteiger partial charge in [-0.2, -0.15) is 0 Å². The first kappa shape index (κ1) is 28.7. The highest BCUT2D eigenvalue weighted by molar-refractivity contribution is 7.91. The van der Waals surface area contributed by atoms with E-state index in [9.17, 15) is 8.42 Å². The summed E-state index contributed by atoms with van der Waals surface area (Å²) >= 11 is 0. The Morgan fingerprint density at radius 2 is 1.13 bits per heavy atom. The molecule has 0 saturated carbocycles. The smallest absolute Gasteiger partial charge is 0.206 e. The van der Waals surface area contributed by atoms with Crippen molar-refractivity contribution in [1.82, 2.24) is 0 Å². The third-order valence-electron chi connectivity index (χ3n) is 7.82. The van der Waals surface area contributed by atoms with Gasteiger partial charge in [0.05, 0.1) is 9.79 Å². The average Bonchev–Trinajstić information content (AvgIpc) is 2.93. The lowest BCUT2D eigenvalue weighted by Crippen LogP contribution is -2.27. The van der Waals surface area contributed by atoms with Gasteiger partial charge in [0.2, 0.25) is 9.84 Å².